The van der Waals surface area contributed by atoms with Gasteiger partial charge in [-0.25, -0.2) is 8.78 Å². The Hall–Kier alpha value is -0.420. The fourth-order valence-electron chi connectivity index (χ4n) is 7.71. The van der Waals surface area contributed by atoms with E-state index in [1.807, 2.05) is 0 Å². The molecule has 9 unspecified atom stereocenters. The van der Waals surface area contributed by atoms with Crippen molar-refractivity contribution >= 4 is 11.9 Å². The summed E-state index contributed by atoms with van der Waals surface area (Å²) < 4.78 is 33.6. The molecule has 0 aromatic carbocycles. The van der Waals surface area contributed by atoms with Gasteiger partial charge >= 0.3 is 0 Å². The Bertz CT molecular complexity index is 654. The molecule has 7 heteroatoms. The normalized spacial score (nSPS) is 51.9. The minimum atomic E-state index is -1.02. The number of halogens is 2. The highest BCUT2D eigenvalue weighted by atomic mass is 32.2. The molecule has 3 N–H and O–H groups in total. The average Bonchev–Trinajstić information content (AvgIpc) is 3.46. The van der Waals surface area contributed by atoms with Crippen LogP contribution in [0.5, 0.6) is 0 Å². The predicted molar refractivity (Wildman–Crippen MR) is 116 cm³/mol. The van der Waals surface area contributed by atoms with Crippen molar-refractivity contribution < 1.29 is 8.78 Å². The van der Waals surface area contributed by atoms with Gasteiger partial charge in [-0.15, -0.1) is 0 Å². The van der Waals surface area contributed by atoms with Gasteiger partial charge in [0.1, 0.15) is 12.3 Å². The summed E-state index contributed by atoms with van der Waals surface area (Å²) in [6.45, 7) is 1.81. The Kier molecular flexibility index (Phi) is 6.32. The van der Waals surface area contributed by atoms with Crippen LogP contribution in [0.15, 0.2) is 0 Å². The molecule has 0 radical (unpaired) electrons. The van der Waals surface area contributed by atoms with Crippen LogP contribution in [0.2, 0.25) is 0 Å². The van der Waals surface area contributed by atoms with E-state index in [1.54, 1.807) is 11.9 Å². The van der Waals surface area contributed by atoms with E-state index in [9.17, 15) is 9.65 Å². The molecule has 2 aliphatic carbocycles. The summed E-state index contributed by atoms with van der Waals surface area (Å²) >= 11 is 1.80. The van der Waals surface area contributed by atoms with Crippen LogP contribution >= 0.6 is 11.9 Å². The first-order chi connectivity index (χ1) is 14.6. The standard InChI is InChI=1S/C23H36F2N4S/c24-18-5-4-16(13-1-2-14(11-26)19(25)9-13)23(22-7-8-28-30-22)17(18)12-29-15-3-6-21(29)20(27)10-15/h13-23,28H,1-10,12,27H2/t13?,14?,15-,16?,17?,18?,19?,20?,21+,22?,23?/m0/s1. The van der Waals surface area contributed by atoms with Gasteiger partial charge in [0, 0.05) is 42.4 Å². The van der Waals surface area contributed by atoms with Crippen LogP contribution in [-0.2, 0) is 0 Å². The van der Waals surface area contributed by atoms with E-state index in [0.29, 0.717) is 54.3 Å². The number of fused-ring (bicyclic) bond motifs is 2. The maximum absolute atomic E-state index is 15.5. The Morgan fingerprint density at radius 3 is 2.53 bits per heavy atom. The maximum Gasteiger partial charge on any atom is 0.116 e. The van der Waals surface area contributed by atoms with Crippen LogP contribution in [-0.4, -0.2) is 53.7 Å². The second kappa shape index (κ2) is 8.84. The fourth-order valence-corrected chi connectivity index (χ4v) is 8.96. The van der Waals surface area contributed by atoms with Gasteiger partial charge in [-0.2, -0.15) is 5.26 Å². The molecular formula is C23H36F2N4S. The molecule has 5 fully saturated rings. The first-order valence-corrected chi connectivity index (χ1v) is 13.0. The van der Waals surface area contributed by atoms with Crippen molar-refractivity contribution in [3.63, 3.8) is 0 Å². The molecule has 5 rings (SSSR count). The molecule has 5 aliphatic rings. The molecule has 2 bridgehead atoms. The molecule has 3 aliphatic heterocycles. The van der Waals surface area contributed by atoms with Crippen molar-refractivity contribution in [3.8, 4) is 6.07 Å². The molecule has 0 aromatic heterocycles. The molecule has 2 saturated carbocycles. The third kappa shape index (κ3) is 3.80. The Balaban J connectivity index is 1.37. The summed E-state index contributed by atoms with van der Waals surface area (Å²) in [5, 5.41) is 9.64. The Labute approximate surface area is 183 Å². The summed E-state index contributed by atoms with van der Waals surface area (Å²) in [6.07, 6.45) is 6.29. The smallest absolute Gasteiger partial charge is 0.116 e. The fraction of sp³-hybridized carbons (Fsp3) is 0.957. The van der Waals surface area contributed by atoms with E-state index in [0.717, 1.165) is 45.2 Å². The van der Waals surface area contributed by atoms with E-state index in [2.05, 4.69) is 15.7 Å². The van der Waals surface area contributed by atoms with Gasteiger partial charge in [0.05, 0.1) is 12.0 Å². The van der Waals surface area contributed by atoms with E-state index in [1.165, 1.54) is 6.42 Å². The summed E-state index contributed by atoms with van der Waals surface area (Å²) in [6, 6.07) is 3.37. The highest BCUT2D eigenvalue weighted by molar-refractivity contribution is 7.98. The van der Waals surface area contributed by atoms with Crippen molar-refractivity contribution in [1.82, 2.24) is 9.62 Å². The van der Waals surface area contributed by atoms with Gasteiger partial charge in [0.25, 0.3) is 0 Å². The van der Waals surface area contributed by atoms with E-state index < -0.39 is 18.3 Å². The van der Waals surface area contributed by atoms with E-state index in [-0.39, 0.29) is 12.0 Å². The largest absolute Gasteiger partial charge is 0.326 e. The lowest BCUT2D eigenvalue weighted by molar-refractivity contribution is -0.0126. The molecule has 3 heterocycles. The van der Waals surface area contributed by atoms with Gasteiger partial charge in [-0.1, -0.05) is 11.9 Å². The molecule has 0 amide bonds. The lowest BCUT2D eigenvalue weighted by atomic mass is 9.61. The third-order valence-corrected chi connectivity index (χ3v) is 10.4. The summed E-state index contributed by atoms with van der Waals surface area (Å²) in [5.74, 6) is 0.550. The summed E-state index contributed by atoms with van der Waals surface area (Å²) in [5.41, 5.74) is 6.37. The number of nitrogens with two attached hydrogens (primary N) is 1. The monoisotopic (exact) mass is 438 g/mol. The molecule has 30 heavy (non-hydrogen) atoms. The van der Waals surface area contributed by atoms with Crippen molar-refractivity contribution in [2.45, 2.75) is 93.5 Å². The zero-order valence-corrected chi connectivity index (χ0v) is 18.6. The molecule has 0 aromatic rings. The minimum absolute atomic E-state index is 0.0290. The van der Waals surface area contributed by atoms with Crippen LogP contribution in [0.4, 0.5) is 8.78 Å². The first-order valence-electron chi connectivity index (χ1n) is 12.1. The first kappa shape index (κ1) is 21.4. The number of nitriles is 1. The SMILES string of the molecule is N#CC1CCC(C2CCC(F)C(CN3[C@H]4CC[C@@H]3C(N)C4)C2C2CCNS2)CC1F. The molecular weight excluding hydrogens is 402 g/mol. The lowest BCUT2D eigenvalue weighted by Crippen LogP contribution is -2.50. The highest BCUT2D eigenvalue weighted by Crippen LogP contribution is 2.51. The van der Waals surface area contributed by atoms with Gasteiger partial charge in [-0.3, -0.25) is 9.62 Å². The maximum atomic E-state index is 15.5. The topological polar surface area (TPSA) is 65.1 Å². The van der Waals surface area contributed by atoms with E-state index >= 15 is 4.39 Å². The number of nitrogens with one attached hydrogen (secondary N) is 1. The van der Waals surface area contributed by atoms with Crippen LogP contribution in [0.3, 0.4) is 0 Å². The zero-order valence-electron chi connectivity index (χ0n) is 17.8. The minimum Gasteiger partial charge on any atom is -0.326 e. The van der Waals surface area contributed by atoms with Crippen LogP contribution < -0.4 is 10.5 Å². The zero-order chi connectivity index (χ0) is 20.8. The van der Waals surface area contributed by atoms with Crippen LogP contribution in [0.25, 0.3) is 0 Å². The predicted octanol–water partition coefficient (Wildman–Crippen LogP) is 3.82. The quantitative estimate of drug-likeness (QED) is 0.654. The number of hydrogen-bond acceptors (Lipinski definition) is 5. The van der Waals surface area contributed by atoms with Gasteiger partial charge in [0.2, 0.25) is 0 Å². The summed E-state index contributed by atoms with van der Waals surface area (Å²) in [7, 11) is 0. The number of alkyl halides is 2. The average molecular weight is 439 g/mol. The van der Waals surface area contributed by atoms with Crippen molar-refractivity contribution in [2.24, 2.45) is 35.3 Å². The van der Waals surface area contributed by atoms with Crippen LogP contribution in [0, 0.1) is 40.9 Å². The third-order valence-electron chi connectivity index (χ3n) is 9.16. The molecule has 4 nitrogen and oxygen atoms in total. The number of hydrogen-bond donors (Lipinski definition) is 2. The second-order valence-corrected chi connectivity index (χ2v) is 11.7. The second-order valence-electron chi connectivity index (χ2n) is 10.6. The molecule has 168 valence electrons. The number of nitrogens with zero attached hydrogens (tertiary/aromatic N) is 2. The van der Waals surface area contributed by atoms with Crippen molar-refractivity contribution in [2.75, 3.05) is 13.1 Å². The van der Waals surface area contributed by atoms with Crippen molar-refractivity contribution in [3.05, 3.63) is 0 Å². The summed E-state index contributed by atoms with van der Waals surface area (Å²) in [4.78, 5) is 2.55. The van der Waals surface area contributed by atoms with Crippen LogP contribution in [0.1, 0.15) is 57.8 Å². The van der Waals surface area contributed by atoms with Gasteiger partial charge in [0.15, 0.2) is 0 Å². The van der Waals surface area contributed by atoms with Gasteiger partial charge in [-0.05, 0) is 75.5 Å². The molecule has 11 atom stereocenters. The number of rotatable bonds is 4. The molecule has 3 saturated heterocycles. The Morgan fingerprint density at radius 1 is 1.03 bits per heavy atom. The van der Waals surface area contributed by atoms with Crippen molar-refractivity contribution in [1.29, 1.82) is 5.26 Å². The molecule has 0 spiro atoms. The van der Waals surface area contributed by atoms with E-state index in [4.69, 9.17) is 5.73 Å². The van der Waals surface area contributed by atoms with Gasteiger partial charge < -0.3 is 5.73 Å². The lowest BCUT2D eigenvalue weighted by Gasteiger charge is -2.48. The highest BCUT2D eigenvalue weighted by Gasteiger charge is 2.52. The Morgan fingerprint density at radius 2 is 1.90 bits per heavy atom.